The Morgan fingerprint density at radius 3 is 2.66 bits per heavy atom. The van der Waals surface area contributed by atoms with Gasteiger partial charge in [-0.2, -0.15) is 0 Å². The first kappa shape index (κ1) is 23.1. The van der Waals surface area contributed by atoms with E-state index in [0.29, 0.717) is 25.5 Å². The molecule has 29 heavy (non-hydrogen) atoms. The first-order chi connectivity index (χ1) is 13.6. The maximum atomic E-state index is 12.5. The number of nitrogens with one attached hydrogen (secondary N) is 1. The highest BCUT2D eigenvalue weighted by molar-refractivity contribution is 9.10. The third-order valence-electron chi connectivity index (χ3n) is 4.21. The molecule has 1 aliphatic heterocycles. The molecule has 1 aromatic rings. The van der Waals surface area contributed by atoms with Crippen molar-refractivity contribution < 1.29 is 23.9 Å². The minimum Gasteiger partial charge on any atom is -0.467 e. The highest BCUT2D eigenvalue weighted by Crippen LogP contribution is 2.17. The fourth-order valence-corrected chi connectivity index (χ4v) is 3.19. The van der Waals surface area contributed by atoms with Gasteiger partial charge in [0.2, 0.25) is 5.91 Å². The van der Waals surface area contributed by atoms with Gasteiger partial charge < -0.3 is 14.8 Å². The summed E-state index contributed by atoms with van der Waals surface area (Å²) >= 11 is 3.33. The minimum atomic E-state index is -0.779. The molecule has 1 aliphatic rings. The zero-order valence-corrected chi connectivity index (χ0v) is 18.7. The maximum absolute atomic E-state index is 12.5. The zero-order chi connectivity index (χ0) is 21.6. The van der Waals surface area contributed by atoms with Crippen LogP contribution in [0.1, 0.15) is 27.2 Å². The molecule has 1 fully saturated rings. The van der Waals surface area contributed by atoms with Crippen molar-refractivity contribution in [2.75, 3.05) is 38.6 Å². The van der Waals surface area contributed by atoms with Gasteiger partial charge in [0.05, 0.1) is 7.11 Å². The number of ether oxygens (including phenoxy) is 2. The van der Waals surface area contributed by atoms with E-state index in [9.17, 15) is 14.4 Å². The van der Waals surface area contributed by atoms with E-state index in [-0.39, 0.29) is 18.9 Å². The average molecular weight is 471 g/mol. The summed E-state index contributed by atoms with van der Waals surface area (Å²) in [6, 6.07) is 2.70. The molecule has 1 aromatic heterocycles. The van der Waals surface area contributed by atoms with Crippen LogP contribution < -0.4 is 5.32 Å². The van der Waals surface area contributed by atoms with E-state index in [2.05, 4.69) is 26.2 Å². The molecule has 1 atom stereocenters. The maximum Gasteiger partial charge on any atom is 0.411 e. The first-order valence-electron chi connectivity index (χ1n) is 9.30. The van der Waals surface area contributed by atoms with Crippen molar-refractivity contribution >= 4 is 39.7 Å². The molecule has 1 unspecified atom stereocenters. The van der Waals surface area contributed by atoms with Gasteiger partial charge >= 0.3 is 12.1 Å². The number of hydrogen-bond acceptors (Lipinski definition) is 7. The number of carbonyl (C=O) groups is 3. The third-order valence-corrected chi connectivity index (χ3v) is 4.70. The van der Waals surface area contributed by atoms with Gasteiger partial charge in [-0.05, 0) is 32.9 Å². The highest BCUT2D eigenvalue weighted by Gasteiger charge is 2.38. The van der Waals surface area contributed by atoms with Gasteiger partial charge in [0, 0.05) is 43.3 Å². The SMILES string of the molecule is COC(=O)C1CN(CCC(=O)Nc2cc(Br)ccn2)CCN1C(=O)OC(C)(C)C. The van der Waals surface area contributed by atoms with Crippen LogP contribution in [-0.2, 0) is 19.1 Å². The van der Waals surface area contributed by atoms with Crippen molar-refractivity contribution in [3.05, 3.63) is 22.8 Å². The van der Waals surface area contributed by atoms with E-state index >= 15 is 0 Å². The molecule has 1 N–H and O–H groups in total. The zero-order valence-electron chi connectivity index (χ0n) is 17.1. The van der Waals surface area contributed by atoms with E-state index in [0.717, 1.165) is 4.47 Å². The Balaban J connectivity index is 1.92. The minimum absolute atomic E-state index is 0.181. The summed E-state index contributed by atoms with van der Waals surface area (Å²) in [5.74, 6) is -0.227. The van der Waals surface area contributed by atoms with E-state index in [1.807, 2.05) is 4.90 Å². The Hall–Kier alpha value is -2.20. The predicted molar refractivity (Wildman–Crippen MR) is 110 cm³/mol. The molecule has 0 aromatic carbocycles. The van der Waals surface area contributed by atoms with Gasteiger partial charge in [0.25, 0.3) is 0 Å². The molecule has 0 radical (unpaired) electrons. The number of pyridine rings is 1. The van der Waals surface area contributed by atoms with E-state index in [4.69, 9.17) is 9.47 Å². The van der Waals surface area contributed by atoms with Crippen molar-refractivity contribution in [3.63, 3.8) is 0 Å². The Labute approximate surface area is 178 Å². The molecule has 9 nitrogen and oxygen atoms in total. The molecular weight excluding hydrogens is 444 g/mol. The van der Waals surface area contributed by atoms with Crippen molar-refractivity contribution in [1.29, 1.82) is 0 Å². The van der Waals surface area contributed by atoms with Crippen LogP contribution in [0, 0.1) is 0 Å². The second-order valence-electron chi connectivity index (χ2n) is 7.67. The number of esters is 1. The molecule has 0 aliphatic carbocycles. The number of halogens is 1. The number of piperazine rings is 1. The molecule has 160 valence electrons. The highest BCUT2D eigenvalue weighted by atomic mass is 79.9. The van der Waals surface area contributed by atoms with Crippen LogP contribution in [0.5, 0.6) is 0 Å². The number of anilines is 1. The van der Waals surface area contributed by atoms with Crippen LogP contribution in [0.25, 0.3) is 0 Å². The lowest BCUT2D eigenvalue weighted by atomic mass is 10.1. The van der Waals surface area contributed by atoms with Gasteiger partial charge in [-0.25, -0.2) is 14.6 Å². The van der Waals surface area contributed by atoms with Crippen LogP contribution in [0.2, 0.25) is 0 Å². The Morgan fingerprint density at radius 1 is 1.31 bits per heavy atom. The number of hydrogen-bond donors (Lipinski definition) is 1. The van der Waals surface area contributed by atoms with Gasteiger partial charge in [-0.3, -0.25) is 14.6 Å². The van der Waals surface area contributed by atoms with Crippen LogP contribution in [0.3, 0.4) is 0 Å². The summed E-state index contributed by atoms with van der Waals surface area (Å²) in [5.41, 5.74) is -0.659. The lowest BCUT2D eigenvalue weighted by Gasteiger charge is -2.40. The van der Waals surface area contributed by atoms with Crippen LogP contribution in [0.4, 0.5) is 10.6 Å². The lowest BCUT2D eigenvalue weighted by molar-refractivity contribution is -0.149. The Bertz CT molecular complexity index is 752. The molecular formula is C19H27BrN4O5. The summed E-state index contributed by atoms with van der Waals surface area (Å²) in [5, 5.41) is 2.74. The summed E-state index contributed by atoms with van der Waals surface area (Å²) in [4.78, 5) is 44.3. The van der Waals surface area contributed by atoms with Gasteiger partial charge in [-0.1, -0.05) is 15.9 Å². The summed E-state index contributed by atoms with van der Waals surface area (Å²) in [6.07, 6.45) is 1.27. The molecule has 10 heteroatoms. The lowest BCUT2D eigenvalue weighted by Crippen LogP contribution is -2.59. The van der Waals surface area contributed by atoms with Crippen molar-refractivity contribution in [3.8, 4) is 0 Å². The predicted octanol–water partition coefficient (Wildman–Crippen LogP) is 2.27. The third kappa shape index (κ3) is 7.28. The van der Waals surface area contributed by atoms with Gasteiger partial charge in [0.1, 0.15) is 17.5 Å². The van der Waals surface area contributed by atoms with E-state index in [1.165, 1.54) is 12.0 Å². The number of methoxy groups -OCH3 is 1. The fourth-order valence-electron chi connectivity index (χ4n) is 2.86. The average Bonchev–Trinajstić information content (AvgIpc) is 2.64. The Kier molecular flexibility index (Phi) is 7.97. The fraction of sp³-hybridized carbons (Fsp3) is 0.579. The van der Waals surface area contributed by atoms with Gasteiger partial charge in [0.15, 0.2) is 0 Å². The smallest absolute Gasteiger partial charge is 0.411 e. The summed E-state index contributed by atoms with van der Waals surface area (Å²) < 4.78 is 11.1. The molecule has 0 spiro atoms. The van der Waals surface area contributed by atoms with Crippen molar-refractivity contribution in [2.24, 2.45) is 0 Å². The van der Waals surface area contributed by atoms with Gasteiger partial charge in [-0.15, -0.1) is 0 Å². The monoisotopic (exact) mass is 470 g/mol. The quantitative estimate of drug-likeness (QED) is 0.658. The number of rotatable bonds is 5. The van der Waals surface area contributed by atoms with Crippen molar-refractivity contribution in [2.45, 2.75) is 38.8 Å². The molecule has 2 amide bonds. The summed E-state index contributed by atoms with van der Waals surface area (Å²) in [7, 11) is 1.28. The van der Waals surface area contributed by atoms with Crippen LogP contribution >= 0.6 is 15.9 Å². The first-order valence-corrected chi connectivity index (χ1v) is 10.1. The number of carbonyl (C=O) groups excluding carboxylic acids is 3. The number of nitrogens with zero attached hydrogens (tertiary/aromatic N) is 3. The molecule has 2 rings (SSSR count). The topological polar surface area (TPSA) is 101 Å². The van der Waals surface area contributed by atoms with E-state index in [1.54, 1.807) is 39.1 Å². The van der Waals surface area contributed by atoms with Crippen molar-refractivity contribution in [1.82, 2.24) is 14.8 Å². The number of aromatic nitrogens is 1. The molecule has 1 saturated heterocycles. The van der Waals surface area contributed by atoms with Crippen LogP contribution in [0.15, 0.2) is 22.8 Å². The Morgan fingerprint density at radius 2 is 2.03 bits per heavy atom. The standard InChI is InChI=1S/C19H27BrN4O5/c1-19(2,3)29-18(27)24-10-9-23(12-14(24)17(26)28-4)8-6-16(25)22-15-11-13(20)5-7-21-15/h5,7,11,14H,6,8-10,12H2,1-4H3,(H,21,22,25). The largest absolute Gasteiger partial charge is 0.467 e. The summed E-state index contributed by atoms with van der Waals surface area (Å²) in [6.45, 7) is 6.86. The molecule has 0 saturated carbocycles. The second kappa shape index (κ2) is 10.0. The van der Waals surface area contributed by atoms with E-state index < -0.39 is 23.7 Å². The normalized spacial score (nSPS) is 17.6. The molecule has 2 heterocycles. The van der Waals surface area contributed by atoms with Crippen LogP contribution in [-0.4, -0.2) is 77.7 Å². The second-order valence-corrected chi connectivity index (χ2v) is 8.59. The molecule has 0 bridgehead atoms. The number of amides is 2.